The van der Waals surface area contributed by atoms with Crippen LogP contribution in [-0.4, -0.2) is 12.4 Å². The molecule has 2 nitrogen and oxygen atoms in total. The Morgan fingerprint density at radius 1 is 0.375 bits per heavy atom. The fourth-order valence-corrected chi connectivity index (χ4v) is 6.45. The third kappa shape index (κ3) is 26.1. The number of hydrogen-bond donors (Lipinski definition) is 0. The smallest absolute Gasteiger partial charge is 0.0968 e. The van der Waals surface area contributed by atoms with Gasteiger partial charge in [-0.2, -0.15) is 0 Å². The first-order chi connectivity index (χ1) is 19.9. The Bertz CT molecular complexity index is 528. The van der Waals surface area contributed by atoms with E-state index < -0.39 is 0 Å². The van der Waals surface area contributed by atoms with Crippen molar-refractivity contribution in [3.8, 4) is 0 Å². The number of aliphatic imine (C=N–C) groups is 2. The van der Waals surface area contributed by atoms with Crippen LogP contribution in [0.25, 0.3) is 0 Å². The van der Waals surface area contributed by atoms with Crippen LogP contribution in [0.15, 0.2) is 9.98 Å². The van der Waals surface area contributed by atoms with E-state index in [-0.39, 0.29) is 0 Å². The molecule has 0 bridgehead atoms. The second-order valence-corrected chi connectivity index (χ2v) is 13.1. The highest BCUT2D eigenvalue weighted by Crippen LogP contribution is 2.26. The Balaban J connectivity index is 2.04. The van der Waals surface area contributed by atoms with Crippen molar-refractivity contribution in [1.82, 2.24) is 0 Å². The van der Waals surface area contributed by atoms with Crippen molar-refractivity contribution in [2.75, 3.05) is 0 Å². The van der Waals surface area contributed by atoms with Gasteiger partial charge in [-0.25, -0.2) is 0 Å². The van der Waals surface area contributed by atoms with Crippen molar-refractivity contribution < 1.29 is 0 Å². The van der Waals surface area contributed by atoms with Crippen molar-refractivity contribution in [3.63, 3.8) is 0 Å². The molecular weight excluding hydrogens is 484 g/mol. The minimum absolute atomic E-state index is 0.978. The first kappa shape index (κ1) is 37.2. The van der Waals surface area contributed by atoms with E-state index in [2.05, 4.69) is 23.8 Å². The van der Waals surface area contributed by atoms with Gasteiger partial charge >= 0.3 is 0 Å². The summed E-state index contributed by atoms with van der Waals surface area (Å²) in [4.78, 5) is 8.67. The van der Waals surface area contributed by atoms with E-state index in [0.29, 0.717) is 0 Å². The zero-order valence-corrected chi connectivity index (χ0v) is 27.8. The van der Waals surface area contributed by atoms with Crippen molar-refractivity contribution in [2.24, 2.45) is 15.9 Å². The molecule has 234 valence electrons. The molecule has 0 fully saturated rings. The molecule has 0 saturated carbocycles. The summed E-state index contributed by atoms with van der Waals surface area (Å²) >= 11 is 0. The lowest BCUT2D eigenvalue weighted by molar-refractivity contribution is 0.366. The summed E-state index contributed by atoms with van der Waals surface area (Å²) in [5, 5.41) is 0. The van der Waals surface area contributed by atoms with E-state index in [1.165, 1.54) is 199 Å². The molecule has 0 aliphatic carbocycles. The minimum atomic E-state index is 0.978. The van der Waals surface area contributed by atoms with Crippen molar-refractivity contribution >= 4 is 12.4 Å². The summed E-state index contributed by atoms with van der Waals surface area (Å²) < 4.78 is 0. The maximum absolute atomic E-state index is 4.33. The van der Waals surface area contributed by atoms with Crippen LogP contribution in [0.2, 0.25) is 0 Å². The van der Waals surface area contributed by atoms with Crippen LogP contribution >= 0.6 is 0 Å². The zero-order chi connectivity index (χ0) is 28.6. The molecule has 1 heterocycles. The number of nitrogens with zero attached hydrogens (tertiary/aromatic N) is 2. The van der Waals surface area contributed by atoms with Crippen molar-refractivity contribution in [3.05, 3.63) is 6.17 Å². The molecule has 0 aromatic rings. The molecular formula is C38H73N2+. The second-order valence-electron chi connectivity index (χ2n) is 13.1. The van der Waals surface area contributed by atoms with Gasteiger partial charge in [0, 0.05) is 0 Å². The molecule has 1 atom stereocenters. The van der Waals surface area contributed by atoms with Crippen LogP contribution in [-0.2, 0) is 0 Å². The minimum Gasteiger partial charge on any atom is -0.0968 e. The van der Waals surface area contributed by atoms with Crippen LogP contribution in [0.3, 0.4) is 0 Å². The Kier molecular flexibility index (Phi) is 29.0. The third-order valence-electron chi connectivity index (χ3n) is 9.21. The van der Waals surface area contributed by atoms with E-state index in [1.807, 2.05) is 12.4 Å². The quantitative estimate of drug-likeness (QED) is 0.0566. The van der Waals surface area contributed by atoms with E-state index in [1.54, 1.807) is 0 Å². The Hall–Kier alpha value is -0.790. The SMILES string of the molecule is CCCCCCCCCCCCCCCCC(CCCCCCCCCCCCC)CCCCC[C+]1N=CC=N1. The summed E-state index contributed by atoms with van der Waals surface area (Å²) in [6.45, 7) is 4.62. The molecule has 0 N–H and O–H groups in total. The highest BCUT2D eigenvalue weighted by atomic mass is 15.0. The molecule has 0 amide bonds. The average molecular weight is 558 g/mol. The topological polar surface area (TPSA) is 24.7 Å². The predicted molar refractivity (Wildman–Crippen MR) is 183 cm³/mol. The van der Waals surface area contributed by atoms with Gasteiger partial charge in [-0.3, -0.25) is 0 Å². The summed E-state index contributed by atoms with van der Waals surface area (Å²) in [6.07, 6.45) is 50.7. The molecule has 2 heteroatoms. The molecule has 1 aliphatic heterocycles. The summed E-state index contributed by atoms with van der Waals surface area (Å²) in [6, 6.07) is 0. The van der Waals surface area contributed by atoms with Gasteiger partial charge in [0.25, 0.3) is 0 Å². The first-order valence-corrected chi connectivity index (χ1v) is 18.8. The van der Waals surface area contributed by atoms with Crippen LogP contribution in [0.4, 0.5) is 0 Å². The van der Waals surface area contributed by atoms with Crippen LogP contribution < -0.4 is 0 Å². The molecule has 0 spiro atoms. The fourth-order valence-electron chi connectivity index (χ4n) is 6.45. The first-order valence-electron chi connectivity index (χ1n) is 18.8. The Morgan fingerprint density at radius 2 is 0.650 bits per heavy atom. The van der Waals surface area contributed by atoms with Gasteiger partial charge in [-0.1, -0.05) is 216 Å². The molecule has 40 heavy (non-hydrogen) atoms. The molecule has 0 aromatic heterocycles. The number of unbranched alkanes of at least 4 members (excludes halogenated alkanes) is 25. The van der Waals surface area contributed by atoms with Crippen LogP contribution in [0.5, 0.6) is 0 Å². The Labute approximate surface area is 253 Å². The third-order valence-corrected chi connectivity index (χ3v) is 9.21. The van der Waals surface area contributed by atoms with E-state index >= 15 is 0 Å². The Morgan fingerprint density at radius 3 is 0.975 bits per heavy atom. The summed E-state index contributed by atoms with van der Waals surface area (Å²) in [5.74, 6) is 0.978. The largest absolute Gasteiger partial charge is 0.240 e. The standard InChI is InChI=1S/C38H73N2/c1-3-5-7-9-11-13-15-16-17-19-21-23-25-28-32-37(33-29-26-30-34-38-39-35-36-40-38)31-27-24-22-20-18-14-12-10-8-6-4-2/h35-37H,3-34H2,1-2H3/q+1. The number of hydrogen-bond acceptors (Lipinski definition) is 2. The highest BCUT2D eigenvalue weighted by Gasteiger charge is 2.15. The van der Waals surface area contributed by atoms with Crippen LogP contribution in [0.1, 0.15) is 219 Å². The van der Waals surface area contributed by atoms with E-state index in [0.717, 1.165) is 18.5 Å². The molecule has 0 saturated heterocycles. The maximum atomic E-state index is 4.33. The lowest BCUT2D eigenvalue weighted by Gasteiger charge is -2.17. The maximum Gasteiger partial charge on any atom is 0.240 e. The molecule has 1 unspecified atom stereocenters. The number of rotatable bonds is 33. The fraction of sp³-hybridized carbons (Fsp3) is 0.921. The molecule has 1 aliphatic rings. The van der Waals surface area contributed by atoms with Gasteiger partial charge in [0.05, 0.1) is 6.42 Å². The highest BCUT2D eigenvalue weighted by molar-refractivity contribution is 6.18. The normalized spacial score (nSPS) is 13.6. The lowest BCUT2D eigenvalue weighted by atomic mass is 9.89. The van der Waals surface area contributed by atoms with Gasteiger partial charge < -0.3 is 0 Å². The van der Waals surface area contributed by atoms with Crippen LogP contribution in [0, 0.1) is 12.1 Å². The molecule has 0 radical (unpaired) electrons. The van der Waals surface area contributed by atoms with Gasteiger partial charge in [0.15, 0.2) is 12.4 Å². The summed E-state index contributed by atoms with van der Waals surface area (Å²) in [5.41, 5.74) is 0. The molecule has 0 aromatic carbocycles. The van der Waals surface area contributed by atoms with Gasteiger partial charge in [-0.15, -0.1) is 0 Å². The van der Waals surface area contributed by atoms with Gasteiger partial charge in [0.1, 0.15) is 0 Å². The monoisotopic (exact) mass is 558 g/mol. The van der Waals surface area contributed by atoms with E-state index in [4.69, 9.17) is 0 Å². The summed E-state index contributed by atoms with van der Waals surface area (Å²) in [7, 11) is 0. The lowest BCUT2D eigenvalue weighted by Crippen LogP contribution is -2.02. The van der Waals surface area contributed by atoms with Crippen molar-refractivity contribution in [1.29, 1.82) is 0 Å². The van der Waals surface area contributed by atoms with E-state index in [9.17, 15) is 0 Å². The van der Waals surface area contributed by atoms with Gasteiger partial charge in [-0.05, 0) is 12.3 Å². The van der Waals surface area contributed by atoms with Gasteiger partial charge in [0.2, 0.25) is 6.17 Å². The van der Waals surface area contributed by atoms with Crippen molar-refractivity contribution in [2.45, 2.75) is 219 Å². The second kappa shape index (κ2) is 31.2. The predicted octanol–water partition coefficient (Wildman–Crippen LogP) is 13.8. The molecule has 1 rings (SSSR count). The average Bonchev–Trinajstić information content (AvgIpc) is 3.49. The zero-order valence-electron chi connectivity index (χ0n) is 27.8.